The molecule has 3 aromatic rings. The Hall–Kier alpha value is -3.12. The van der Waals surface area contributed by atoms with Crippen molar-refractivity contribution >= 4 is 11.8 Å². The van der Waals surface area contributed by atoms with Crippen molar-refractivity contribution in [3.05, 3.63) is 82.9 Å². The van der Waals surface area contributed by atoms with Crippen molar-refractivity contribution in [1.29, 1.82) is 5.26 Å². The molecular formula is C21H11F6NOS. The molecule has 0 aliphatic carbocycles. The molecule has 0 unspecified atom stereocenters. The Balaban J connectivity index is 1.96. The van der Waals surface area contributed by atoms with Crippen LogP contribution in [-0.2, 0) is 6.11 Å². The van der Waals surface area contributed by atoms with E-state index in [4.69, 9.17) is 5.26 Å². The van der Waals surface area contributed by atoms with E-state index in [1.807, 2.05) is 6.92 Å². The van der Waals surface area contributed by atoms with Crippen LogP contribution in [0.25, 0.3) is 11.1 Å². The first-order chi connectivity index (χ1) is 14.1. The number of benzene rings is 3. The normalized spacial score (nSPS) is 11.3. The largest absolute Gasteiger partial charge is 0.432 e. The van der Waals surface area contributed by atoms with E-state index in [1.54, 1.807) is 24.3 Å². The number of hydrogen-bond donors (Lipinski definition) is 0. The number of thioether (sulfide) groups is 1. The van der Waals surface area contributed by atoms with Crippen molar-refractivity contribution < 1.29 is 31.1 Å². The van der Waals surface area contributed by atoms with E-state index in [0.717, 1.165) is 5.56 Å². The average molecular weight is 439 g/mol. The van der Waals surface area contributed by atoms with Crippen molar-refractivity contribution in [1.82, 2.24) is 0 Å². The number of halogens is 6. The summed E-state index contributed by atoms with van der Waals surface area (Å²) in [5.41, 5.74) is -0.368. The molecule has 2 nitrogen and oxygen atoms in total. The molecule has 0 amide bonds. The van der Waals surface area contributed by atoms with Crippen LogP contribution in [0.4, 0.5) is 26.3 Å². The summed E-state index contributed by atoms with van der Waals surface area (Å²) in [5, 5.41) is 9.94. The average Bonchev–Trinajstić information content (AvgIpc) is 2.64. The summed E-state index contributed by atoms with van der Waals surface area (Å²) in [4.78, 5) is -0.715. The van der Waals surface area contributed by atoms with Gasteiger partial charge < -0.3 is 4.74 Å². The van der Waals surface area contributed by atoms with Crippen LogP contribution in [0.5, 0.6) is 5.75 Å². The van der Waals surface area contributed by atoms with Gasteiger partial charge >= 0.3 is 6.11 Å². The lowest BCUT2D eigenvalue weighted by Crippen LogP contribution is -2.25. The quantitative estimate of drug-likeness (QED) is 0.246. The van der Waals surface area contributed by atoms with Gasteiger partial charge in [0, 0.05) is 12.1 Å². The van der Waals surface area contributed by atoms with Gasteiger partial charge in [-0.1, -0.05) is 29.8 Å². The first kappa shape index (κ1) is 21.6. The molecule has 0 spiro atoms. The van der Waals surface area contributed by atoms with Crippen molar-refractivity contribution in [3.63, 3.8) is 0 Å². The van der Waals surface area contributed by atoms with E-state index in [9.17, 15) is 26.3 Å². The summed E-state index contributed by atoms with van der Waals surface area (Å²) in [7, 11) is 0. The second-order valence-corrected chi connectivity index (χ2v) is 7.00. The monoisotopic (exact) mass is 439 g/mol. The summed E-state index contributed by atoms with van der Waals surface area (Å²) >= 11 is 0.149. The van der Waals surface area contributed by atoms with Gasteiger partial charge in [-0.2, -0.15) is 14.0 Å². The zero-order valence-electron chi connectivity index (χ0n) is 15.2. The third-order valence-corrected chi connectivity index (χ3v) is 4.77. The van der Waals surface area contributed by atoms with Crippen molar-refractivity contribution in [2.75, 3.05) is 0 Å². The Morgan fingerprint density at radius 2 is 1.37 bits per heavy atom. The molecule has 0 fully saturated rings. The topological polar surface area (TPSA) is 33.0 Å². The van der Waals surface area contributed by atoms with E-state index >= 15 is 0 Å². The number of aryl methyl sites for hydroxylation is 1. The Morgan fingerprint density at radius 1 is 0.833 bits per heavy atom. The summed E-state index contributed by atoms with van der Waals surface area (Å²) in [5.74, 6) is -6.84. The molecule has 0 saturated heterocycles. The molecule has 154 valence electrons. The minimum Gasteiger partial charge on any atom is -0.429 e. The maximum atomic E-state index is 14.5. The Morgan fingerprint density at radius 3 is 1.87 bits per heavy atom. The summed E-state index contributed by atoms with van der Waals surface area (Å²) in [6.45, 7) is 1.81. The lowest BCUT2D eigenvalue weighted by Gasteiger charge is -2.20. The number of nitriles is 1. The minimum atomic E-state index is -4.57. The van der Waals surface area contributed by atoms with Crippen molar-refractivity contribution in [3.8, 4) is 22.3 Å². The SMILES string of the molecule is Cc1ccc(-c2cc(F)c(C(F)(F)Oc3cc(F)c(SC#N)c(F)c3)c(F)c2)cc1. The van der Waals surface area contributed by atoms with Gasteiger partial charge in [0.15, 0.2) is 0 Å². The van der Waals surface area contributed by atoms with E-state index < -0.39 is 45.6 Å². The Labute approximate surface area is 171 Å². The fourth-order valence-corrected chi connectivity index (χ4v) is 3.11. The lowest BCUT2D eigenvalue weighted by atomic mass is 10.0. The zero-order valence-corrected chi connectivity index (χ0v) is 16.0. The fourth-order valence-electron chi connectivity index (χ4n) is 2.70. The van der Waals surface area contributed by atoms with Gasteiger partial charge in [-0.05, 0) is 41.9 Å². The Bertz CT molecular complexity index is 1100. The number of rotatable bonds is 5. The van der Waals surface area contributed by atoms with E-state index in [0.29, 0.717) is 29.8 Å². The van der Waals surface area contributed by atoms with Crippen LogP contribution in [0.3, 0.4) is 0 Å². The molecule has 0 bridgehead atoms. The van der Waals surface area contributed by atoms with Gasteiger partial charge in [0.1, 0.15) is 40.0 Å². The van der Waals surface area contributed by atoms with E-state index in [1.165, 1.54) is 5.40 Å². The van der Waals surface area contributed by atoms with Gasteiger partial charge in [0.2, 0.25) is 0 Å². The maximum absolute atomic E-state index is 14.5. The molecule has 0 N–H and O–H groups in total. The highest BCUT2D eigenvalue weighted by atomic mass is 32.2. The van der Waals surface area contributed by atoms with E-state index in [-0.39, 0.29) is 17.3 Å². The van der Waals surface area contributed by atoms with Crippen LogP contribution >= 0.6 is 11.8 Å². The van der Waals surface area contributed by atoms with Gasteiger partial charge in [-0.15, -0.1) is 0 Å². The number of hydrogen-bond acceptors (Lipinski definition) is 3. The van der Waals surface area contributed by atoms with Crippen LogP contribution in [-0.4, -0.2) is 0 Å². The number of alkyl halides is 2. The Kier molecular flexibility index (Phi) is 5.99. The second kappa shape index (κ2) is 8.32. The molecule has 0 aliphatic heterocycles. The third-order valence-electron chi connectivity index (χ3n) is 4.08. The highest BCUT2D eigenvalue weighted by Crippen LogP contribution is 2.38. The first-order valence-electron chi connectivity index (χ1n) is 8.30. The predicted molar refractivity (Wildman–Crippen MR) is 98.9 cm³/mol. The van der Waals surface area contributed by atoms with Crippen molar-refractivity contribution in [2.24, 2.45) is 0 Å². The summed E-state index contributed by atoms with van der Waals surface area (Å²) in [6.07, 6.45) is -4.57. The second-order valence-electron chi connectivity index (χ2n) is 6.21. The van der Waals surface area contributed by atoms with Gasteiger partial charge in [0.25, 0.3) is 0 Å². The molecule has 0 radical (unpaired) electrons. The molecule has 0 saturated carbocycles. The smallest absolute Gasteiger partial charge is 0.429 e. The number of thiocyanates is 1. The van der Waals surface area contributed by atoms with Crippen LogP contribution in [0.1, 0.15) is 11.1 Å². The van der Waals surface area contributed by atoms with Crippen LogP contribution in [0.2, 0.25) is 0 Å². The van der Waals surface area contributed by atoms with Crippen LogP contribution in [0.15, 0.2) is 53.4 Å². The third kappa shape index (κ3) is 4.39. The fraction of sp³-hybridized carbons (Fsp3) is 0.0952. The predicted octanol–water partition coefficient (Wildman–Crippen LogP) is 6.92. The standard InChI is InChI=1S/C21H11F6NOS/c1-11-2-4-12(5-3-11)13-6-15(22)19(16(23)7-13)21(26,27)29-14-8-17(24)20(30-10-28)18(25)9-14/h2-9H,1H3. The maximum Gasteiger partial charge on any atom is 0.432 e. The minimum absolute atomic E-state index is 0.0273. The molecular weight excluding hydrogens is 428 g/mol. The molecule has 0 aliphatic rings. The highest BCUT2D eigenvalue weighted by molar-refractivity contribution is 8.03. The highest BCUT2D eigenvalue weighted by Gasteiger charge is 2.41. The van der Waals surface area contributed by atoms with Gasteiger partial charge in [-0.3, -0.25) is 0 Å². The van der Waals surface area contributed by atoms with E-state index in [2.05, 4.69) is 4.74 Å². The van der Waals surface area contributed by atoms with Crippen molar-refractivity contribution in [2.45, 2.75) is 17.9 Å². The lowest BCUT2D eigenvalue weighted by molar-refractivity contribution is -0.189. The first-order valence-corrected chi connectivity index (χ1v) is 9.12. The molecule has 30 heavy (non-hydrogen) atoms. The summed E-state index contributed by atoms with van der Waals surface area (Å²) < 4.78 is 89.6. The van der Waals surface area contributed by atoms with Gasteiger partial charge in [-0.25, -0.2) is 17.6 Å². The van der Waals surface area contributed by atoms with Gasteiger partial charge in [0.05, 0.1) is 4.90 Å². The number of nitrogens with zero attached hydrogens (tertiary/aromatic N) is 1. The number of ether oxygens (including phenoxy) is 1. The molecule has 9 heteroatoms. The molecule has 3 rings (SSSR count). The molecule has 0 aromatic heterocycles. The summed E-state index contributed by atoms with van der Waals surface area (Å²) in [6, 6.07) is 8.75. The van der Waals surface area contributed by atoms with Crippen LogP contribution < -0.4 is 4.74 Å². The molecule has 3 aromatic carbocycles. The molecule has 0 atom stereocenters. The van der Waals surface area contributed by atoms with Crippen LogP contribution in [0, 0.1) is 40.9 Å². The zero-order chi connectivity index (χ0) is 22.1. The molecule has 0 heterocycles.